The summed E-state index contributed by atoms with van der Waals surface area (Å²) in [5.74, 6) is 2.74. The highest BCUT2D eigenvalue weighted by molar-refractivity contribution is 8.00. The fourth-order valence-corrected chi connectivity index (χ4v) is 9.42. The number of benzene rings is 3. The summed E-state index contributed by atoms with van der Waals surface area (Å²) in [6.45, 7) is 9.36. The largest absolute Gasteiger partial charge is 0.460 e. The summed E-state index contributed by atoms with van der Waals surface area (Å²) in [4.78, 5) is 5.77. The Morgan fingerprint density at radius 3 is 2.47 bits per heavy atom. The van der Waals surface area contributed by atoms with Crippen LogP contribution in [0.2, 0.25) is 0 Å². The highest BCUT2D eigenvalue weighted by Crippen LogP contribution is 2.62. The summed E-state index contributed by atoms with van der Waals surface area (Å²) in [6, 6.07) is 20.7. The van der Waals surface area contributed by atoms with Crippen LogP contribution >= 0.6 is 11.8 Å². The molecule has 49 heavy (non-hydrogen) atoms. The lowest BCUT2D eigenvalue weighted by atomic mass is 9.56. The van der Waals surface area contributed by atoms with E-state index in [2.05, 4.69) is 56.0 Å². The Morgan fingerprint density at radius 1 is 0.959 bits per heavy atom. The van der Waals surface area contributed by atoms with Gasteiger partial charge >= 0.3 is 0 Å². The van der Waals surface area contributed by atoms with Crippen LogP contribution in [0.5, 0.6) is 17.2 Å². The molecule has 6 unspecified atom stereocenters. The SMILES string of the molecule is C=CCOC12Oc3ccc(Oc4ccc5ccccc5c4)cc3C3C(CCCCO)C(CCCCO)C=C(C(=NOCC)CC1SCC)C32. The highest BCUT2D eigenvalue weighted by atomic mass is 32.2. The maximum absolute atomic E-state index is 9.81. The number of nitrogens with zero attached hydrogens (tertiary/aromatic N) is 1. The van der Waals surface area contributed by atoms with E-state index in [4.69, 9.17) is 24.2 Å². The number of fused-ring (bicyclic) bond motifs is 3. The average Bonchev–Trinajstić information content (AvgIpc) is 3.12. The second-order valence-electron chi connectivity index (χ2n) is 13.2. The molecule has 1 heterocycles. The van der Waals surface area contributed by atoms with Gasteiger partial charge in [-0.25, -0.2) is 0 Å². The molecule has 3 aromatic rings. The van der Waals surface area contributed by atoms with Gasteiger partial charge in [-0.1, -0.05) is 67.4 Å². The summed E-state index contributed by atoms with van der Waals surface area (Å²) >= 11 is 1.85. The Hall–Kier alpha value is -3.30. The van der Waals surface area contributed by atoms with Crippen LogP contribution in [-0.2, 0) is 9.57 Å². The average molecular weight is 686 g/mol. The van der Waals surface area contributed by atoms with Gasteiger partial charge in [-0.15, -0.1) is 6.58 Å². The zero-order valence-electron chi connectivity index (χ0n) is 28.9. The van der Waals surface area contributed by atoms with Crippen LogP contribution in [0.3, 0.4) is 0 Å². The Labute approximate surface area is 295 Å². The van der Waals surface area contributed by atoms with Crippen molar-refractivity contribution in [3.8, 4) is 17.2 Å². The molecule has 6 atom stereocenters. The summed E-state index contributed by atoms with van der Waals surface area (Å²) < 4.78 is 20.7. The van der Waals surface area contributed by atoms with Crippen LogP contribution in [-0.4, -0.2) is 59.1 Å². The molecule has 3 aliphatic rings. The maximum atomic E-state index is 9.81. The van der Waals surface area contributed by atoms with Gasteiger partial charge < -0.3 is 29.3 Å². The molecule has 2 N–H and O–H groups in total. The summed E-state index contributed by atoms with van der Waals surface area (Å²) in [7, 11) is 0. The molecule has 1 saturated carbocycles. The van der Waals surface area contributed by atoms with E-state index in [0.717, 1.165) is 83.8 Å². The molecule has 3 aromatic carbocycles. The monoisotopic (exact) mass is 685 g/mol. The molecular weight excluding hydrogens is 635 g/mol. The normalized spacial score (nSPS) is 26.4. The number of rotatable bonds is 17. The molecule has 8 heteroatoms. The van der Waals surface area contributed by atoms with E-state index >= 15 is 0 Å². The van der Waals surface area contributed by atoms with Gasteiger partial charge in [0.05, 0.1) is 23.5 Å². The fourth-order valence-electron chi connectivity index (χ4n) is 8.25. The van der Waals surface area contributed by atoms with Crippen LogP contribution in [0, 0.1) is 17.8 Å². The van der Waals surface area contributed by atoms with Crippen LogP contribution in [0.15, 0.2) is 90.1 Å². The Balaban J connectivity index is 1.51. The van der Waals surface area contributed by atoms with E-state index in [1.54, 1.807) is 0 Å². The van der Waals surface area contributed by atoms with Crippen molar-refractivity contribution < 1.29 is 29.3 Å². The van der Waals surface area contributed by atoms with E-state index in [1.165, 1.54) is 5.39 Å². The van der Waals surface area contributed by atoms with Crippen molar-refractivity contribution >= 4 is 28.2 Å². The topological polar surface area (TPSA) is 89.7 Å². The van der Waals surface area contributed by atoms with Gasteiger partial charge in [-0.3, -0.25) is 0 Å². The van der Waals surface area contributed by atoms with Crippen LogP contribution < -0.4 is 9.47 Å². The lowest BCUT2D eigenvalue weighted by Crippen LogP contribution is -2.64. The number of oxime groups is 1. The van der Waals surface area contributed by atoms with E-state index in [9.17, 15) is 10.2 Å². The molecular formula is C41H51NO6S. The van der Waals surface area contributed by atoms with Crippen molar-refractivity contribution in [1.82, 2.24) is 0 Å². The molecule has 0 bridgehead atoms. The van der Waals surface area contributed by atoms with E-state index in [1.807, 2.05) is 49.0 Å². The van der Waals surface area contributed by atoms with Crippen molar-refractivity contribution in [2.45, 2.75) is 75.7 Å². The lowest BCUT2D eigenvalue weighted by Gasteiger charge is -2.58. The molecule has 1 fully saturated rings. The Morgan fingerprint density at radius 2 is 1.71 bits per heavy atom. The minimum atomic E-state index is -0.935. The quantitative estimate of drug-likeness (QED) is 0.0833. The molecule has 6 rings (SSSR count). The zero-order valence-corrected chi connectivity index (χ0v) is 29.7. The third kappa shape index (κ3) is 7.43. The number of ether oxygens (including phenoxy) is 3. The van der Waals surface area contributed by atoms with Gasteiger partial charge in [0, 0.05) is 31.1 Å². The Bertz CT molecular complexity index is 1640. The first-order chi connectivity index (χ1) is 24.1. The van der Waals surface area contributed by atoms with Gasteiger partial charge in [0.15, 0.2) is 0 Å². The second-order valence-corrected chi connectivity index (χ2v) is 14.7. The third-order valence-corrected chi connectivity index (χ3v) is 11.5. The predicted molar refractivity (Wildman–Crippen MR) is 199 cm³/mol. The minimum absolute atomic E-state index is 0.0213. The number of allylic oxidation sites excluding steroid dienone is 1. The molecule has 0 aromatic heterocycles. The number of aliphatic hydroxyl groups is 2. The number of aliphatic hydroxyl groups excluding tert-OH is 2. The summed E-state index contributed by atoms with van der Waals surface area (Å²) in [6.07, 6.45) is 10.2. The van der Waals surface area contributed by atoms with Gasteiger partial charge in [0.1, 0.15) is 23.9 Å². The van der Waals surface area contributed by atoms with Gasteiger partial charge in [0.25, 0.3) is 0 Å². The van der Waals surface area contributed by atoms with Crippen molar-refractivity contribution in [2.24, 2.45) is 22.9 Å². The van der Waals surface area contributed by atoms with Gasteiger partial charge in [0.2, 0.25) is 5.79 Å². The molecule has 7 nitrogen and oxygen atoms in total. The van der Waals surface area contributed by atoms with Crippen molar-refractivity contribution in [2.75, 3.05) is 32.2 Å². The molecule has 0 spiro atoms. The first-order valence-corrected chi connectivity index (χ1v) is 19.1. The van der Waals surface area contributed by atoms with Crippen LogP contribution in [0.25, 0.3) is 10.8 Å². The molecule has 0 radical (unpaired) electrons. The van der Waals surface area contributed by atoms with Crippen LogP contribution in [0.4, 0.5) is 0 Å². The lowest BCUT2D eigenvalue weighted by molar-refractivity contribution is -0.223. The van der Waals surface area contributed by atoms with E-state index in [-0.39, 0.29) is 42.1 Å². The maximum Gasteiger partial charge on any atom is 0.230 e. The van der Waals surface area contributed by atoms with E-state index < -0.39 is 5.79 Å². The number of unbranched alkanes of at least 4 members (excludes halogenated alkanes) is 2. The van der Waals surface area contributed by atoms with Crippen molar-refractivity contribution in [3.05, 3.63) is 90.5 Å². The standard InChI is InChI=1S/C41H51NO6S/c1-4-23-45-41-38(49-6-3)27-36(42-46-5-2)34-25-30(15-9-11-21-43)33(16-10-12-22-44)39(40(34)41)35-26-32(19-20-37(35)48-41)47-31-18-17-28-13-7-8-14-29(28)24-31/h4,7-8,13-14,17-20,24-26,30,33,38-40,43-44H,1,5-6,9-12,15-16,21-23,27H2,2-3H3. The highest BCUT2D eigenvalue weighted by Gasteiger charge is 2.63. The number of thioether (sulfide) groups is 1. The molecule has 262 valence electrons. The number of hydrogen-bond donors (Lipinski definition) is 2. The molecule has 0 amide bonds. The molecule has 0 saturated heterocycles. The number of hydrogen-bond acceptors (Lipinski definition) is 8. The minimum Gasteiger partial charge on any atom is -0.460 e. The smallest absolute Gasteiger partial charge is 0.230 e. The fraction of sp³-hybridized carbons (Fsp3) is 0.488. The van der Waals surface area contributed by atoms with Crippen molar-refractivity contribution in [1.29, 1.82) is 0 Å². The second kappa shape index (κ2) is 16.6. The zero-order chi connectivity index (χ0) is 34.2. The first-order valence-electron chi connectivity index (χ1n) is 18.1. The van der Waals surface area contributed by atoms with Gasteiger partial charge in [-0.05, 0) is 96.9 Å². The summed E-state index contributed by atoms with van der Waals surface area (Å²) in [5, 5.41) is 26.5. The Kier molecular flexibility index (Phi) is 12.0. The summed E-state index contributed by atoms with van der Waals surface area (Å²) in [5.41, 5.74) is 3.23. The third-order valence-electron chi connectivity index (χ3n) is 10.2. The van der Waals surface area contributed by atoms with Crippen molar-refractivity contribution in [3.63, 3.8) is 0 Å². The van der Waals surface area contributed by atoms with Gasteiger partial charge in [-0.2, -0.15) is 11.8 Å². The molecule has 1 aliphatic heterocycles. The first kappa shape index (κ1) is 35.5. The van der Waals surface area contributed by atoms with E-state index in [0.29, 0.717) is 19.6 Å². The molecule has 2 aliphatic carbocycles. The predicted octanol–water partition coefficient (Wildman–Crippen LogP) is 9.04. The van der Waals surface area contributed by atoms with Crippen LogP contribution in [0.1, 0.15) is 70.3 Å².